The molecule has 1 saturated heterocycles. The highest BCUT2D eigenvalue weighted by Gasteiger charge is 2.39. The third kappa shape index (κ3) is 2.80. The number of rotatable bonds is 2. The molecule has 0 bridgehead atoms. The number of carbonyl (C=O) groups is 2. The zero-order chi connectivity index (χ0) is 9.84. The summed E-state index contributed by atoms with van der Waals surface area (Å²) in [6.07, 6.45) is 0.403. The Kier molecular flexibility index (Phi) is 3.92. The summed E-state index contributed by atoms with van der Waals surface area (Å²) >= 11 is 3.95. The molecule has 0 aliphatic carbocycles. The molecule has 0 aromatic carbocycles. The molecule has 0 aromatic heterocycles. The second-order valence-corrected chi connectivity index (χ2v) is 5.17. The normalized spacial score (nSPS) is 21.9. The van der Waals surface area contributed by atoms with E-state index in [1.165, 1.54) is 0 Å². The van der Waals surface area contributed by atoms with Gasteiger partial charge < -0.3 is 5.11 Å². The predicted molar refractivity (Wildman–Crippen MR) is 55.3 cm³/mol. The van der Waals surface area contributed by atoms with E-state index in [9.17, 15) is 9.59 Å². The van der Waals surface area contributed by atoms with Crippen LogP contribution in [0.5, 0.6) is 0 Å². The highest BCUT2D eigenvalue weighted by molar-refractivity contribution is 8.10. The van der Waals surface area contributed by atoms with Crippen molar-refractivity contribution in [3.05, 3.63) is 0 Å². The maximum Gasteiger partial charge on any atom is 0.524 e. The van der Waals surface area contributed by atoms with E-state index in [4.69, 9.17) is 5.11 Å². The lowest BCUT2D eigenvalue weighted by atomic mass is 10.4. The zero-order valence-electron chi connectivity index (χ0n) is 7.10. The van der Waals surface area contributed by atoms with Crippen LogP contribution in [0.25, 0.3) is 0 Å². The fraction of sp³-hybridized carbons (Fsp3) is 0.714. The average Bonchev–Trinajstić information content (AvgIpc) is 2.52. The van der Waals surface area contributed by atoms with Gasteiger partial charge in [0.15, 0.2) is 5.88 Å². The van der Waals surface area contributed by atoms with Crippen LogP contribution in [0.1, 0.15) is 6.42 Å². The van der Waals surface area contributed by atoms with E-state index in [-0.39, 0.29) is 5.91 Å². The van der Waals surface area contributed by atoms with Gasteiger partial charge in [0.05, 0.1) is 6.54 Å². The van der Waals surface area contributed by atoms with Gasteiger partial charge in [0, 0.05) is 6.42 Å². The first-order chi connectivity index (χ1) is 6.15. The molecule has 0 radical (unpaired) electrons. The second kappa shape index (κ2) is 4.76. The van der Waals surface area contributed by atoms with Crippen molar-refractivity contribution in [1.29, 1.82) is 0 Å². The fourth-order valence-electron chi connectivity index (χ4n) is 1.13. The lowest BCUT2D eigenvalue weighted by Gasteiger charge is -2.09. The minimum Gasteiger partial charge on any atom is -0.441 e. The first-order valence-corrected chi connectivity index (χ1v) is 6.13. The van der Waals surface area contributed by atoms with E-state index in [2.05, 4.69) is 12.6 Å². The van der Waals surface area contributed by atoms with E-state index in [0.29, 0.717) is 30.3 Å². The van der Waals surface area contributed by atoms with Crippen molar-refractivity contribution in [2.45, 2.75) is 6.42 Å². The lowest BCUT2D eigenvalue weighted by molar-refractivity contribution is -0.129. The SMILES string of the molecule is O=C(CCS)N1CC[S+](C(=O)O)C1. The Bertz CT molecular complexity index is 222. The van der Waals surface area contributed by atoms with Gasteiger partial charge in [-0.3, -0.25) is 9.69 Å². The quantitative estimate of drug-likeness (QED) is 0.525. The Morgan fingerprint density at radius 1 is 1.54 bits per heavy atom. The van der Waals surface area contributed by atoms with Gasteiger partial charge in [0.25, 0.3) is 0 Å². The fourth-order valence-corrected chi connectivity index (χ4v) is 2.83. The molecule has 1 aliphatic heterocycles. The molecule has 0 aromatic rings. The minimum absolute atomic E-state index is 0.0197. The molecule has 4 nitrogen and oxygen atoms in total. The van der Waals surface area contributed by atoms with Crippen molar-refractivity contribution >= 4 is 34.7 Å². The van der Waals surface area contributed by atoms with Gasteiger partial charge in [-0.05, 0) is 5.75 Å². The molecular weight excluding hydrogens is 210 g/mol. The van der Waals surface area contributed by atoms with Crippen LogP contribution in [-0.2, 0) is 15.7 Å². The van der Waals surface area contributed by atoms with Gasteiger partial charge in [-0.15, -0.1) is 0 Å². The van der Waals surface area contributed by atoms with E-state index >= 15 is 0 Å². The van der Waals surface area contributed by atoms with Crippen LogP contribution in [0, 0.1) is 0 Å². The second-order valence-electron chi connectivity index (χ2n) is 2.72. The van der Waals surface area contributed by atoms with Crippen LogP contribution in [0.2, 0.25) is 0 Å². The molecule has 1 N–H and O–H groups in total. The highest BCUT2D eigenvalue weighted by Crippen LogP contribution is 2.12. The molecular formula is C7H12NO3S2+. The van der Waals surface area contributed by atoms with Gasteiger partial charge in [-0.1, -0.05) is 0 Å². The highest BCUT2D eigenvalue weighted by atomic mass is 32.2. The summed E-state index contributed by atoms with van der Waals surface area (Å²) in [4.78, 5) is 23.5. The molecule has 13 heavy (non-hydrogen) atoms. The van der Waals surface area contributed by atoms with Gasteiger partial charge in [0.2, 0.25) is 5.91 Å². The molecule has 0 spiro atoms. The largest absolute Gasteiger partial charge is 0.524 e. The first kappa shape index (κ1) is 10.7. The molecule has 1 amide bonds. The van der Waals surface area contributed by atoms with Crippen LogP contribution >= 0.6 is 12.6 Å². The Balaban J connectivity index is 2.40. The molecule has 1 atom stereocenters. The van der Waals surface area contributed by atoms with Crippen molar-refractivity contribution < 1.29 is 14.7 Å². The summed E-state index contributed by atoms with van der Waals surface area (Å²) in [5.74, 6) is 1.54. The van der Waals surface area contributed by atoms with Crippen LogP contribution in [0.4, 0.5) is 4.79 Å². The van der Waals surface area contributed by atoms with Gasteiger partial charge in [-0.25, -0.2) is 0 Å². The summed E-state index contributed by atoms with van der Waals surface area (Å²) in [6.45, 7) is 0.585. The minimum atomic E-state index is -0.777. The van der Waals surface area contributed by atoms with Gasteiger partial charge >= 0.3 is 5.30 Å². The first-order valence-electron chi connectivity index (χ1n) is 3.94. The van der Waals surface area contributed by atoms with Gasteiger partial charge in [0.1, 0.15) is 16.6 Å². The predicted octanol–water partition coefficient (Wildman–Crippen LogP) is 0.402. The Morgan fingerprint density at radius 3 is 2.69 bits per heavy atom. The molecule has 1 unspecified atom stereocenters. The number of thiol groups is 1. The topological polar surface area (TPSA) is 57.6 Å². The molecule has 1 aliphatic rings. The number of hydrogen-bond acceptors (Lipinski definition) is 3. The van der Waals surface area contributed by atoms with Crippen molar-refractivity contribution in [1.82, 2.24) is 4.90 Å². The lowest BCUT2D eigenvalue weighted by Crippen LogP contribution is -2.29. The summed E-state index contributed by atoms with van der Waals surface area (Å²) in [5, 5.41) is 7.93. The van der Waals surface area contributed by atoms with E-state index in [1.807, 2.05) is 0 Å². The van der Waals surface area contributed by atoms with Crippen molar-refractivity contribution in [2.75, 3.05) is 23.9 Å². The third-order valence-electron chi connectivity index (χ3n) is 1.84. The molecule has 1 rings (SSSR count). The smallest absolute Gasteiger partial charge is 0.441 e. The molecule has 74 valence electrons. The summed E-state index contributed by atoms with van der Waals surface area (Å²) in [7, 11) is -0.636. The standard InChI is InChI=1S/C7H11NO3S2/c9-6(1-3-12)8-2-4-13(5-8)7(10)11/h1-5H2,(H-,10,11,12)/p+1. The Hall–Kier alpha value is -0.360. The van der Waals surface area contributed by atoms with Crippen LogP contribution in [-0.4, -0.2) is 45.1 Å². The third-order valence-corrected chi connectivity index (χ3v) is 3.86. The number of carboxylic acid groups (broad SMARTS) is 1. The zero-order valence-corrected chi connectivity index (χ0v) is 8.81. The van der Waals surface area contributed by atoms with Crippen LogP contribution < -0.4 is 0 Å². The van der Waals surface area contributed by atoms with E-state index in [1.54, 1.807) is 4.90 Å². The number of nitrogens with zero attached hydrogens (tertiary/aromatic N) is 1. The van der Waals surface area contributed by atoms with Crippen molar-refractivity contribution in [3.63, 3.8) is 0 Å². The number of carbonyl (C=O) groups excluding carboxylic acids is 1. The summed E-state index contributed by atoms with van der Waals surface area (Å²) in [5.41, 5.74) is 0. The number of hydrogen-bond donors (Lipinski definition) is 2. The average molecular weight is 222 g/mol. The van der Waals surface area contributed by atoms with Crippen molar-refractivity contribution in [3.8, 4) is 0 Å². The van der Waals surface area contributed by atoms with Gasteiger partial charge in [-0.2, -0.15) is 17.4 Å². The molecule has 0 saturated carbocycles. The maximum absolute atomic E-state index is 11.3. The van der Waals surface area contributed by atoms with E-state index < -0.39 is 16.2 Å². The monoisotopic (exact) mass is 222 g/mol. The van der Waals surface area contributed by atoms with Crippen LogP contribution in [0.3, 0.4) is 0 Å². The Morgan fingerprint density at radius 2 is 2.23 bits per heavy atom. The summed E-state index contributed by atoms with van der Waals surface area (Å²) in [6, 6.07) is 0. The van der Waals surface area contributed by atoms with Crippen molar-refractivity contribution in [2.24, 2.45) is 0 Å². The Labute approximate surface area is 85.0 Å². The van der Waals surface area contributed by atoms with E-state index in [0.717, 1.165) is 0 Å². The maximum atomic E-state index is 11.3. The number of amides is 1. The molecule has 1 fully saturated rings. The molecule has 6 heteroatoms. The summed E-state index contributed by atoms with van der Waals surface area (Å²) < 4.78 is 0. The van der Waals surface area contributed by atoms with Crippen LogP contribution in [0.15, 0.2) is 0 Å². The molecule has 1 heterocycles.